The lowest BCUT2D eigenvalue weighted by Crippen LogP contribution is -2.65. The first-order chi connectivity index (χ1) is 11.5. The Morgan fingerprint density at radius 3 is 1.96 bits per heavy atom. The number of hydrogen-bond acceptors (Lipinski definition) is 5. The Balaban J connectivity index is 1.62. The van der Waals surface area contributed by atoms with Gasteiger partial charge in [0.05, 0.1) is 15.4 Å². The molecule has 2 N–H and O–H groups in total. The molecule has 0 spiro atoms. The number of rotatable bonds is 4. The molecule has 2 unspecified atom stereocenters. The molecule has 0 aromatic heterocycles. The van der Waals surface area contributed by atoms with E-state index in [4.69, 9.17) is 0 Å². The monoisotopic (exact) mass is 385 g/mol. The van der Waals surface area contributed by atoms with Gasteiger partial charge in [0, 0.05) is 11.8 Å². The standard InChI is InChI=1S/C17H23NO5S2/c1-24(20,21)14-2-4-15(5-3-14)25(22,23)18-16-7-12-6-13(8-16)10-17(19,9-12)11-16/h2-5,12-13,18-19H,6-11H2,1H3. The van der Waals surface area contributed by atoms with Crippen molar-refractivity contribution in [3.05, 3.63) is 24.3 Å². The van der Waals surface area contributed by atoms with E-state index in [0.717, 1.165) is 38.4 Å². The summed E-state index contributed by atoms with van der Waals surface area (Å²) in [7, 11) is -7.13. The molecule has 0 amide bonds. The van der Waals surface area contributed by atoms with Crippen LogP contribution in [0.3, 0.4) is 0 Å². The second-order valence-corrected chi connectivity index (χ2v) is 12.0. The minimum Gasteiger partial charge on any atom is -0.390 e. The van der Waals surface area contributed by atoms with Crippen molar-refractivity contribution in [2.24, 2.45) is 11.8 Å². The van der Waals surface area contributed by atoms with Crippen molar-refractivity contribution in [2.75, 3.05) is 6.26 Å². The normalized spacial score (nSPS) is 37.4. The summed E-state index contributed by atoms with van der Waals surface area (Å²) < 4.78 is 51.6. The summed E-state index contributed by atoms with van der Waals surface area (Å²) >= 11 is 0. The van der Waals surface area contributed by atoms with Crippen LogP contribution in [0.1, 0.15) is 38.5 Å². The largest absolute Gasteiger partial charge is 0.390 e. The van der Waals surface area contributed by atoms with Crippen molar-refractivity contribution in [1.82, 2.24) is 4.72 Å². The maximum absolute atomic E-state index is 12.8. The minimum absolute atomic E-state index is 0.0580. The summed E-state index contributed by atoms with van der Waals surface area (Å²) in [5, 5.41) is 10.8. The van der Waals surface area contributed by atoms with Gasteiger partial charge < -0.3 is 5.11 Å². The molecule has 4 bridgehead atoms. The molecular weight excluding hydrogens is 362 g/mol. The summed E-state index contributed by atoms with van der Waals surface area (Å²) in [6, 6.07) is 5.29. The van der Waals surface area contributed by atoms with Crippen LogP contribution in [-0.4, -0.2) is 39.3 Å². The molecule has 1 aromatic rings. The van der Waals surface area contributed by atoms with E-state index in [1.165, 1.54) is 24.3 Å². The Labute approximate surface area is 148 Å². The highest BCUT2D eigenvalue weighted by Gasteiger charge is 2.58. The van der Waals surface area contributed by atoms with Crippen molar-refractivity contribution in [2.45, 2.75) is 59.5 Å². The van der Waals surface area contributed by atoms with E-state index in [2.05, 4.69) is 4.72 Å². The van der Waals surface area contributed by atoms with Crippen molar-refractivity contribution >= 4 is 19.9 Å². The summed E-state index contributed by atoms with van der Waals surface area (Å²) in [5.74, 6) is 0.753. The number of aliphatic hydroxyl groups is 1. The Kier molecular flexibility index (Phi) is 3.69. The van der Waals surface area contributed by atoms with E-state index in [1.807, 2.05) is 0 Å². The van der Waals surface area contributed by atoms with Gasteiger partial charge in [-0.25, -0.2) is 21.6 Å². The molecule has 25 heavy (non-hydrogen) atoms. The van der Waals surface area contributed by atoms with E-state index >= 15 is 0 Å². The van der Waals surface area contributed by atoms with Crippen LogP contribution in [0.25, 0.3) is 0 Å². The van der Waals surface area contributed by atoms with Gasteiger partial charge in [0.2, 0.25) is 10.0 Å². The predicted octanol–water partition coefficient (Wildman–Crippen LogP) is 1.45. The first-order valence-electron chi connectivity index (χ1n) is 8.55. The van der Waals surface area contributed by atoms with Gasteiger partial charge in [-0.05, 0) is 74.6 Å². The van der Waals surface area contributed by atoms with Gasteiger partial charge >= 0.3 is 0 Å². The molecule has 4 saturated carbocycles. The average Bonchev–Trinajstić information content (AvgIpc) is 2.42. The smallest absolute Gasteiger partial charge is 0.241 e. The second kappa shape index (κ2) is 5.28. The SMILES string of the molecule is CS(=O)(=O)c1ccc(S(=O)(=O)NC23CC4CC(CC(O)(C4)C2)C3)cc1. The van der Waals surface area contributed by atoms with Crippen LogP contribution >= 0.6 is 0 Å². The Morgan fingerprint density at radius 1 is 0.960 bits per heavy atom. The van der Waals surface area contributed by atoms with Crippen LogP contribution in [0.15, 0.2) is 34.1 Å². The molecule has 4 aliphatic carbocycles. The lowest BCUT2D eigenvalue weighted by Gasteiger charge is -2.60. The fourth-order valence-electron chi connectivity index (χ4n) is 5.54. The Bertz CT molecular complexity index is 891. The van der Waals surface area contributed by atoms with Crippen LogP contribution in [0, 0.1) is 11.8 Å². The van der Waals surface area contributed by atoms with Gasteiger partial charge in [-0.1, -0.05) is 0 Å². The van der Waals surface area contributed by atoms with Crippen molar-refractivity contribution in [3.8, 4) is 0 Å². The quantitative estimate of drug-likeness (QED) is 0.817. The third-order valence-corrected chi connectivity index (χ3v) is 8.67. The van der Waals surface area contributed by atoms with E-state index < -0.39 is 31.0 Å². The molecule has 1 aromatic carbocycles. The first-order valence-corrected chi connectivity index (χ1v) is 11.9. The molecule has 138 valence electrons. The average molecular weight is 386 g/mol. The zero-order valence-corrected chi connectivity index (χ0v) is 15.7. The van der Waals surface area contributed by atoms with E-state index in [1.54, 1.807) is 0 Å². The van der Waals surface area contributed by atoms with Crippen LogP contribution in [0.4, 0.5) is 0 Å². The third-order valence-electron chi connectivity index (χ3n) is 5.94. The molecule has 8 heteroatoms. The number of nitrogens with one attached hydrogen (secondary N) is 1. The van der Waals surface area contributed by atoms with Crippen molar-refractivity contribution < 1.29 is 21.9 Å². The Hall–Kier alpha value is -0.960. The highest BCUT2D eigenvalue weighted by Crippen LogP contribution is 2.57. The Morgan fingerprint density at radius 2 is 1.48 bits per heavy atom. The molecule has 4 aliphatic rings. The zero-order chi connectivity index (χ0) is 18.1. The predicted molar refractivity (Wildman–Crippen MR) is 92.2 cm³/mol. The van der Waals surface area contributed by atoms with Gasteiger partial charge in [0.1, 0.15) is 0 Å². The molecule has 2 atom stereocenters. The lowest BCUT2D eigenvalue weighted by molar-refractivity contribution is -0.137. The third kappa shape index (κ3) is 3.13. The van der Waals surface area contributed by atoms with E-state index in [0.29, 0.717) is 18.3 Å². The zero-order valence-electron chi connectivity index (χ0n) is 14.1. The maximum atomic E-state index is 12.8. The van der Waals surface area contributed by atoms with Crippen LogP contribution in [0.5, 0.6) is 0 Å². The molecular formula is C17H23NO5S2. The fraction of sp³-hybridized carbons (Fsp3) is 0.647. The van der Waals surface area contributed by atoms with Gasteiger partial charge in [-0.15, -0.1) is 0 Å². The first kappa shape index (κ1) is 17.5. The topological polar surface area (TPSA) is 101 Å². The molecule has 6 nitrogen and oxygen atoms in total. The van der Waals surface area contributed by atoms with Crippen LogP contribution in [-0.2, 0) is 19.9 Å². The number of sulfone groups is 1. The van der Waals surface area contributed by atoms with Gasteiger partial charge in [0.15, 0.2) is 9.84 Å². The highest BCUT2D eigenvalue weighted by atomic mass is 32.2. The number of hydrogen-bond donors (Lipinski definition) is 2. The summed E-state index contributed by atoms with van der Waals surface area (Å²) in [5.41, 5.74) is -1.32. The van der Waals surface area contributed by atoms with E-state index in [9.17, 15) is 21.9 Å². The fourth-order valence-corrected chi connectivity index (χ4v) is 7.60. The summed E-state index contributed by atoms with van der Waals surface area (Å²) in [4.78, 5) is 0.151. The maximum Gasteiger partial charge on any atom is 0.241 e. The van der Waals surface area contributed by atoms with Gasteiger partial charge in [0.25, 0.3) is 0 Å². The molecule has 4 fully saturated rings. The molecule has 0 aliphatic heterocycles. The lowest BCUT2D eigenvalue weighted by atomic mass is 9.51. The summed E-state index contributed by atoms with van der Waals surface area (Å²) in [6.45, 7) is 0. The van der Waals surface area contributed by atoms with Crippen LogP contribution < -0.4 is 4.72 Å². The van der Waals surface area contributed by atoms with Crippen molar-refractivity contribution in [3.63, 3.8) is 0 Å². The van der Waals surface area contributed by atoms with E-state index in [-0.39, 0.29) is 9.79 Å². The second-order valence-electron chi connectivity index (χ2n) is 8.31. The molecule has 5 rings (SSSR count). The van der Waals surface area contributed by atoms with Gasteiger partial charge in [-0.2, -0.15) is 0 Å². The summed E-state index contributed by atoms with van der Waals surface area (Å²) in [6.07, 6.45) is 5.72. The number of benzene rings is 1. The molecule has 0 heterocycles. The van der Waals surface area contributed by atoms with Crippen LogP contribution in [0.2, 0.25) is 0 Å². The minimum atomic E-state index is -3.77. The van der Waals surface area contributed by atoms with Gasteiger partial charge in [-0.3, -0.25) is 0 Å². The highest BCUT2D eigenvalue weighted by molar-refractivity contribution is 7.90. The number of sulfonamides is 1. The molecule has 0 radical (unpaired) electrons. The molecule has 0 saturated heterocycles. The van der Waals surface area contributed by atoms with Crippen molar-refractivity contribution in [1.29, 1.82) is 0 Å².